The molecule has 0 saturated carbocycles. The summed E-state index contributed by atoms with van der Waals surface area (Å²) in [5, 5.41) is 12.5. The minimum absolute atomic E-state index is 0.332. The molecule has 0 amide bonds. The van der Waals surface area contributed by atoms with E-state index in [0.29, 0.717) is 0 Å². The largest absolute Gasteiger partial charge is 0.300 e. The van der Waals surface area contributed by atoms with Gasteiger partial charge in [-0.3, -0.25) is 5.32 Å². The summed E-state index contributed by atoms with van der Waals surface area (Å²) in [5.41, 5.74) is -0.332. The van der Waals surface area contributed by atoms with Crippen molar-refractivity contribution in [3.8, 4) is 6.07 Å². The van der Waals surface area contributed by atoms with Crippen LogP contribution in [0.1, 0.15) is 47.0 Å². The molecule has 0 fully saturated rings. The van der Waals surface area contributed by atoms with Crippen molar-refractivity contribution in [1.29, 1.82) is 5.26 Å². The first-order valence-electron chi connectivity index (χ1n) is 6.28. The van der Waals surface area contributed by atoms with Crippen molar-refractivity contribution in [3.63, 3.8) is 0 Å². The van der Waals surface area contributed by atoms with Crippen LogP contribution in [0.25, 0.3) is 0 Å². The monoisotopic (exact) mass is 242 g/mol. The summed E-state index contributed by atoms with van der Waals surface area (Å²) < 4.78 is 0. The fraction of sp³-hybridized carbons (Fsp3) is 0.923. The standard InChI is InChI=1S/C13H26N2S/c1-5-8-15-13(4,11-14)7-10-16-9-6-12(2)3/h12,15H,5-10H2,1-4H3. The average molecular weight is 242 g/mol. The summed E-state index contributed by atoms with van der Waals surface area (Å²) in [4.78, 5) is 0. The maximum atomic E-state index is 9.13. The van der Waals surface area contributed by atoms with Crippen LogP contribution in [-0.4, -0.2) is 23.6 Å². The molecular weight excluding hydrogens is 216 g/mol. The third-order valence-corrected chi connectivity index (χ3v) is 3.62. The number of nitriles is 1. The molecule has 0 heterocycles. The Hall–Kier alpha value is -0.200. The normalized spacial score (nSPS) is 14.8. The molecule has 0 aliphatic heterocycles. The van der Waals surface area contributed by atoms with E-state index in [4.69, 9.17) is 5.26 Å². The van der Waals surface area contributed by atoms with Gasteiger partial charge in [0.25, 0.3) is 0 Å². The molecule has 0 saturated heterocycles. The molecule has 1 atom stereocenters. The molecule has 0 bridgehead atoms. The molecule has 2 nitrogen and oxygen atoms in total. The minimum Gasteiger partial charge on any atom is -0.300 e. The van der Waals surface area contributed by atoms with Crippen molar-refractivity contribution in [1.82, 2.24) is 5.32 Å². The van der Waals surface area contributed by atoms with Crippen molar-refractivity contribution >= 4 is 11.8 Å². The number of thioether (sulfide) groups is 1. The zero-order valence-electron chi connectivity index (χ0n) is 11.2. The molecular formula is C13H26N2S. The van der Waals surface area contributed by atoms with E-state index in [1.807, 2.05) is 18.7 Å². The fourth-order valence-electron chi connectivity index (χ4n) is 1.28. The molecule has 0 aliphatic rings. The van der Waals surface area contributed by atoms with Crippen LogP contribution in [0.3, 0.4) is 0 Å². The van der Waals surface area contributed by atoms with Gasteiger partial charge in [0.1, 0.15) is 5.54 Å². The maximum Gasteiger partial charge on any atom is 0.104 e. The Balaban J connectivity index is 3.66. The number of nitrogens with one attached hydrogen (secondary N) is 1. The van der Waals surface area contributed by atoms with Gasteiger partial charge in [0.15, 0.2) is 0 Å². The van der Waals surface area contributed by atoms with Crippen LogP contribution in [0.4, 0.5) is 0 Å². The fourth-order valence-corrected chi connectivity index (χ4v) is 2.68. The lowest BCUT2D eigenvalue weighted by molar-refractivity contribution is 0.437. The Morgan fingerprint density at radius 2 is 2.06 bits per heavy atom. The van der Waals surface area contributed by atoms with E-state index in [0.717, 1.165) is 31.1 Å². The van der Waals surface area contributed by atoms with E-state index in [9.17, 15) is 0 Å². The topological polar surface area (TPSA) is 35.8 Å². The van der Waals surface area contributed by atoms with E-state index >= 15 is 0 Å². The van der Waals surface area contributed by atoms with E-state index in [2.05, 4.69) is 32.2 Å². The summed E-state index contributed by atoms with van der Waals surface area (Å²) in [6, 6.07) is 2.39. The zero-order chi connectivity index (χ0) is 12.4. The highest BCUT2D eigenvalue weighted by molar-refractivity contribution is 7.99. The molecule has 1 unspecified atom stereocenters. The molecule has 0 aromatic carbocycles. The second-order valence-corrected chi connectivity index (χ2v) is 6.14. The third kappa shape index (κ3) is 8.01. The average Bonchev–Trinajstić information content (AvgIpc) is 2.25. The highest BCUT2D eigenvalue weighted by Crippen LogP contribution is 2.15. The predicted octanol–water partition coefficient (Wildman–Crippen LogP) is 3.44. The highest BCUT2D eigenvalue weighted by atomic mass is 32.2. The molecule has 3 heteroatoms. The van der Waals surface area contributed by atoms with E-state index < -0.39 is 0 Å². The van der Waals surface area contributed by atoms with Gasteiger partial charge in [-0.1, -0.05) is 20.8 Å². The first-order chi connectivity index (χ1) is 7.54. The smallest absolute Gasteiger partial charge is 0.104 e. The predicted molar refractivity (Wildman–Crippen MR) is 73.7 cm³/mol. The number of hydrogen-bond acceptors (Lipinski definition) is 3. The van der Waals surface area contributed by atoms with Gasteiger partial charge in [-0.2, -0.15) is 17.0 Å². The Bertz CT molecular complexity index is 210. The second kappa shape index (κ2) is 8.90. The SMILES string of the molecule is CCCNC(C)(C#N)CCSCCC(C)C. The van der Waals surface area contributed by atoms with E-state index in [1.165, 1.54) is 12.2 Å². The Morgan fingerprint density at radius 1 is 1.38 bits per heavy atom. The summed E-state index contributed by atoms with van der Waals surface area (Å²) in [6.45, 7) is 9.57. The Labute approximate surface area is 105 Å². The third-order valence-electron chi connectivity index (χ3n) is 2.60. The molecule has 0 aliphatic carbocycles. The summed E-state index contributed by atoms with van der Waals surface area (Å²) >= 11 is 1.97. The first kappa shape index (κ1) is 15.8. The van der Waals surface area contributed by atoms with Gasteiger partial charge in [0.2, 0.25) is 0 Å². The number of nitrogens with zero attached hydrogens (tertiary/aromatic N) is 1. The zero-order valence-corrected chi connectivity index (χ0v) is 12.0. The number of hydrogen-bond donors (Lipinski definition) is 1. The number of rotatable bonds is 9. The molecule has 0 rings (SSSR count). The van der Waals surface area contributed by atoms with Crippen molar-refractivity contribution in [2.24, 2.45) is 5.92 Å². The molecule has 16 heavy (non-hydrogen) atoms. The minimum atomic E-state index is -0.332. The van der Waals surface area contributed by atoms with Gasteiger partial charge in [-0.05, 0) is 50.2 Å². The summed E-state index contributed by atoms with van der Waals surface area (Å²) in [7, 11) is 0. The quantitative estimate of drug-likeness (QED) is 0.629. The lowest BCUT2D eigenvalue weighted by Crippen LogP contribution is -2.41. The molecule has 0 aromatic heterocycles. The molecule has 0 aromatic rings. The van der Waals surface area contributed by atoms with Crippen molar-refractivity contribution in [2.45, 2.75) is 52.5 Å². The second-order valence-electron chi connectivity index (χ2n) is 4.92. The van der Waals surface area contributed by atoms with Crippen molar-refractivity contribution in [2.75, 3.05) is 18.1 Å². The van der Waals surface area contributed by atoms with Crippen molar-refractivity contribution in [3.05, 3.63) is 0 Å². The van der Waals surface area contributed by atoms with Gasteiger partial charge >= 0.3 is 0 Å². The molecule has 0 radical (unpaired) electrons. The molecule has 0 spiro atoms. The Kier molecular flexibility index (Phi) is 8.78. The highest BCUT2D eigenvalue weighted by Gasteiger charge is 2.21. The van der Waals surface area contributed by atoms with Crippen LogP contribution in [0.15, 0.2) is 0 Å². The summed E-state index contributed by atoms with van der Waals surface area (Å²) in [5.74, 6) is 3.08. The molecule has 1 N–H and O–H groups in total. The van der Waals surface area contributed by atoms with E-state index in [-0.39, 0.29) is 5.54 Å². The van der Waals surface area contributed by atoms with Gasteiger partial charge < -0.3 is 0 Å². The van der Waals surface area contributed by atoms with Gasteiger partial charge in [0.05, 0.1) is 6.07 Å². The van der Waals surface area contributed by atoms with Crippen LogP contribution in [0.2, 0.25) is 0 Å². The van der Waals surface area contributed by atoms with Crippen LogP contribution in [0, 0.1) is 17.2 Å². The van der Waals surface area contributed by atoms with Gasteiger partial charge in [0, 0.05) is 0 Å². The first-order valence-corrected chi connectivity index (χ1v) is 7.43. The van der Waals surface area contributed by atoms with Crippen molar-refractivity contribution < 1.29 is 0 Å². The molecule has 94 valence electrons. The van der Waals surface area contributed by atoms with Gasteiger partial charge in [-0.25, -0.2) is 0 Å². The Morgan fingerprint density at radius 3 is 2.56 bits per heavy atom. The van der Waals surface area contributed by atoms with Crippen LogP contribution in [-0.2, 0) is 0 Å². The van der Waals surface area contributed by atoms with Crippen LogP contribution in [0.5, 0.6) is 0 Å². The van der Waals surface area contributed by atoms with Gasteiger partial charge in [-0.15, -0.1) is 0 Å². The van der Waals surface area contributed by atoms with Crippen LogP contribution >= 0.6 is 11.8 Å². The maximum absolute atomic E-state index is 9.13. The van der Waals surface area contributed by atoms with Crippen LogP contribution < -0.4 is 5.32 Å². The lowest BCUT2D eigenvalue weighted by Gasteiger charge is -2.22. The lowest BCUT2D eigenvalue weighted by atomic mass is 10.0. The summed E-state index contributed by atoms with van der Waals surface area (Å²) in [6.07, 6.45) is 3.29. The van der Waals surface area contributed by atoms with E-state index in [1.54, 1.807) is 0 Å².